The van der Waals surface area contributed by atoms with E-state index in [-0.39, 0.29) is 23.6 Å². The number of hydrogen-bond donors (Lipinski definition) is 0. The highest BCUT2D eigenvalue weighted by Gasteiger charge is 2.40. The first kappa shape index (κ1) is 13.8. The highest BCUT2D eigenvalue weighted by Crippen LogP contribution is 2.31. The molecule has 2 rings (SSSR count). The highest BCUT2D eigenvalue weighted by molar-refractivity contribution is 14.1. The topological polar surface area (TPSA) is 63.7 Å². The molecule has 0 aliphatic carbocycles. The lowest BCUT2D eigenvalue weighted by Gasteiger charge is -2.14. The second-order valence-corrected chi connectivity index (χ2v) is 6.80. The van der Waals surface area contributed by atoms with E-state index in [4.69, 9.17) is 4.74 Å². The number of sulfonamides is 1. The normalized spacial score (nSPS) is 17.0. The van der Waals surface area contributed by atoms with E-state index >= 15 is 0 Å². The minimum atomic E-state index is -3.70. The molecule has 0 N–H and O–H groups in total. The van der Waals surface area contributed by atoms with E-state index in [1.165, 1.54) is 6.07 Å². The van der Waals surface area contributed by atoms with Gasteiger partial charge in [0.2, 0.25) is 0 Å². The van der Waals surface area contributed by atoms with Crippen LogP contribution in [0.5, 0.6) is 0 Å². The van der Waals surface area contributed by atoms with E-state index in [9.17, 15) is 13.2 Å². The fourth-order valence-corrected chi connectivity index (χ4v) is 4.04. The lowest BCUT2D eigenvalue weighted by atomic mass is 10.2. The lowest BCUT2D eigenvalue weighted by molar-refractivity contribution is 0.0810. The van der Waals surface area contributed by atoms with Gasteiger partial charge in [-0.2, -0.15) is 0 Å². The van der Waals surface area contributed by atoms with Crippen molar-refractivity contribution in [2.75, 3.05) is 19.8 Å². The summed E-state index contributed by atoms with van der Waals surface area (Å²) in [5.41, 5.74) is 0.243. The van der Waals surface area contributed by atoms with E-state index in [0.717, 1.165) is 7.88 Å². The molecule has 1 aromatic rings. The van der Waals surface area contributed by atoms with Gasteiger partial charge in [-0.05, 0) is 47.7 Å². The van der Waals surface area contributed by atoms with Crippen LogP contribution in [0.4, 0.5) is 0 Å². The zero-order valence-corrected chi connectivity index (χ0v) is 12.7. The maximum Gasteiger partial charge on any atom is 0.269 e. The molecule has 0 bridgehead atoms. The maximum atomic E-state index is 12.2. The number of carbonyl (C=O) groups excluding carboxylic acids is 1. The molecule has 5 nitrogen and oxygen atoms in total. The van der Waals surface area contributed by atoms with E-state index in [0.29, 0.717) is 6.61 Å². The molecule has 1 aromatic carbocycles. The molecule has 98 valence electrons. The predicted octanol–water partition coefficient (Wildman–Crippen LogP) is 1.47. The molecule has 1 aliphatic rings. The summed E-state index contributed by atoms with van der Waals surface area (Å²) in [5.74, 6) is -0.471. The van der Waals surface area contributed by atoms with Crippen LogP contribution in [0.25, 0.3) is 0 Å². The fraction of sp³-hybridized carbons (Fsp3) is 0.364. The summed E-state index contributed by atoms with van der Waals surface area (Å²) in [6.45, 7) is 2.58. The van der Waals surface area contributed by atoms with Crippen molar-refractivity contribution in [1.82, 2.24) is 4.31 Å². The van der Waals surface area contributed by atoms with Crippen molar-refractivity contribution >= 4 is 38.5 Å². The van der Waals surface area contributed by atoms with Gasteiger partial charge in [0.15, 0.2) is 0 Å². The number of hydrogen-bond acceptors (Lipinski definition) is 4. The Bertz CT molecular complexity index is 585. The second kappa shape index (κ2) is 5.14. The molecular weight excluding hydrogens is 369 g/mol. The number of benzene rings is 1. The number of amides is 1. The van der Waals surface area contributed by atoms with Crippen molar-refractivity contribution in [3.63, 3.8) is 0 Å². The van der Waals surface area contributed by atoms with Gasteiger partial charge >= 0.3 is 0 Å². The van der Waals surface area contributed by atoms with E-state index in [1.54, 1.807) is 12.1 Å². The van der Waals surface area contributed by atoms with E-state index < -0.39 is 15.9 Å². The standard InChI is InChI=1S/C11H12INO4S/c1-2-17-6-5-13-11(14)9-4-3-8(12)7-10(9)18(13,15)16/h3-4,7H,2,5-6H2,1H3. The Kier molecular flexibility index (Phi) is 3.93. The van der Waals surface area contributed by atoms with Crippen LogP contribution in [0.1, 0.15) is 17.3 Å². The van der Waals surface area contributed by atoms with Gasteiger partial charge in [-0.3, -0.25) is 4.79 Å². The monoisotopic (exact) mass is 381 g/mol. The number of rotatable bonds is 4. The van der Waals surface area contributed by atoms with Crippen LogP contribution in [0.3, 0.4) is 0 Å². The highest BCUT2D eigenvalue weighted by atomic mass is 127. The minimum Gasteiger partial charge on any atom is -0.380 e. The third-order valence-electron chi connectivity index (χ3n) is 2.61. The molecule has 1 heterocycles. The molecule has 18 heavy (non-hydrogen) atoms. The number of halogens is 1. The Morgan fingerprint density at radius 3 is 2.78 bits per heavy atom. The number of fused-ring (bicyclic) bond motifs is 1. The zero-order chi connectivity index (χ0) is 13.3. The fourth-order valence-electron chi connectivity index (χ4n) is 1.76. The van der Waals surface area contributed by atoms with Crippen LogP contribution in [0.15, 0.2) is 23.1 Å². The zero-order valence-electron chi connectivity index (χ0n) is 9.72. The molecule has 0 aromatic heterocycles. The first-order valence-electron chi connectivity index (χ1n) is 5.43. The van der Waals surface area contributed by atoms with Crippen molar-refractivity contribution < 1.29 is 17.9 Å². The van der Waals surface area contributed by atoms with Gasteiger partial charge in [0.25, 0.3) is 15.9 Å². The van der Waals surface area contributed by atoms with E-state index in [1.807, 2.05) is 29.5 Å². The molecule has 0 saturated heterocycles. The van der Waals surface area contributed by atoms with Crippen molar-refractivity contribution in [3.05, 3.63) is 27.3 Å². The van der Waals surface area contributed by atoms with Crippen LogP contribution in [-0.4, -0.2) is 38.4 Å². The molecule has 0 atom stereocenters. The molecule has 7 heteroatoms. The maximum absolute atomic E-state index is 12.2. The summed E-state index contributed by atoms with van der Waals surface area (Å²) in [7, 11) is -3.70. The van der Waals surface area contributed by atoms with E-state index in [2.05, 4.69) is 0 Å². The first-order valence-corrected chi connectivity index (χ1v) is 7.94. The Balaban J connectivity index is 2.36. The molecule has 0 spiro atoms. The molecule has 0 radical (unpaired) electrons. The third kappa shape index (κ3) is 2.26. The lowest BCUT2D eigenvalue weighted by Crippen LogP contribution is -2.33. The molecule has 0 unspecified atom stereocenters. The quantitative estimate of drug-likeness (QED) is 0.586. The average molecular weight is 381 g/mol. The summed E-state index contributed by atoms with van der Waals surface area (Å²) in [6.07, 6.45) is 0. The molecule has 0 saturated carbocycles. The molecule has 1 amide bonds. The Morgan fingerprint density at radius 1 is 1.39 bits per heavy atom. The van der Waals surface area contributed by atoms with Crippen molar-refractivity contribution in [2.45, 2.75) is 11.8 Å². The van der Waals surface area contributed by atoms with Gasteiger partial charge in [0.05, 0.1) is 18.7 Å². The van der Waals surface area contributed by atoms with Crippen molar-refractivity contribution in [1.29, 1.82) is 0 Å². The summed E-state index contributed by atoms with van der Waals surface area (Å²) in [4.78, 5) is 12.1. The van der Waals surface area contributed by atoms with Crippen LogP contribution in [-0.2, 0) is 14.8 Å². The Morgan fingerprint density at radius 2 is 2.11 bits per heavy atom. The van der Waals surface area contributed by atoms with Gasteiger partial charge in [-0.1, -0.05) is 0 Å². The van der Waals surface area contributed by atoms with Gasteiger partial charge in [-0.15, -0.1) is 0 Å². The van der Waals surface area contributed by atoms with Crippen molar-refractivity contribution in [2.24, 2.45) is 0 Å². The van der Waals surface area contributed by atoms with Crippen LogP contribution in [0, 0.1) is 3.57 Å². The number of nitrogens with zero attached hydrogens (tertiary/aromatic N) is 1. The van der Waals surface area contributed by atoms with Crippen LogP contribution >= 0.6 is 22.6 Å². The van der Waals surface area contributed by atoms with Gasteiger partial charge < -0.3 is 4.74 Å². The molecule has 1 aliphatic heterocycles. The Labute approximate surface area is 119 Å². The summed E-state index contributed by atoms with van der Waals surface area (Å²) in [5, 5.41) is 0. The molecule has 0 fully saturated rings. The first-order chi connectivity index (χ1) is 8.48. The largest absolute Gasteiger partial charge is 0.380 e. The van der Waals surface area contributed by atoms with Gasteiger partial charge in [-0.25, -0.2) is 12.7 Å². The summed E-state index contributed by atoms with van der Waals surface area (Å²) < 4.78 is 31.1. The van der Waals surface area contributed by atoms with Gasteiger partial charge in [0, 0.05) is 10.2 Å². The minimum absolute atomic E-state index is 0.0558. The average Bonchev–Trinajstić information content (AvgIpc) is 2.50. The third-order valence-corrected chi connectivity index (χ3v) is 5.10. The van der Waals surface area contributed by atoms with Crippen molar-refractivity contribution in [3.8, 4) is 0 Å². The second-order valence-electron chi connectivity index (χ2n) is 3.72. The predicted molar refractivity (Wildman–Crippen MR) is 73.9 cm³/mol. The molecular formula is C11H12INO4S. The summed E-state index contributed by atoms with van der Waals surface area (Å²) in [6, 6.07) is 4.79. The number of carbonyl (C=O) groups is 1. The van der Waals surface area contributed by atoms with Gasteiger partial charge in [0.1, 0.15) is 4.90 Å². The summed E-state index contributed by atoms with van der Waals surface area (Å²) >= 11 is 2.02. The SMILES string of the molecule is CCOCCN1C(=O)c2ccc(I)cc2S1(=O)=O. The Hall–Kier alpha value is -0.670. The van der Waals surface area contributed by atoms with Crippen LogP contribution < -0.4 is 0 Å². The van der Waals surface area contributed by atoms with Crippen LogP contribution in [0.2, 0.25) is 0 Å². The smallest absolute Gasteiger partial charge is 0.269 e. The number of ether oxygens (including phenoxy) is 1.